The summed E-state index contributed by atoms with van der Waals surface area (Å²) < 4.78 is 36.4. The summed E-state index contributed by atoms with van der Waals surface area (Å²) in [6.45, 7) is 2.08. The average molecular weight is 262 g/mol. The number of carbonyl (C=O) groups excluding carboxylic acids is 1. The van der Waals surface area contributed by atoms with Crippen molar-refractivity contribution in [2.75, 3.05) is 5.75 Å². The van der Waals surface area contributed by atoms with E-state index in [0.29, 0.717) is 0 Å². The maximum Gasteiger partial charge on any atom is 0.454 e. The van der Waals surface area contributed by atoms with Gasteiger partial charge in [0.25, 0.3) is 5.78 Å². The number of halogens is 3. The maximum atomic E-state index is 12.1. The Morgan fingerprint density at radius 3 is 2.29 bits per heavy atom. The van der Waals surface area contributed by atoms with Gasteiger partial charge in [0.1, 0.15) is 0 Å². The van der Waals surface area contributed by atoms with E-state index in [4.69, 9.17) is 0 Å². The molecule has 0 aliphatic heterocycles. The normalized spacial score (nSPS) is 11.5. The van der Waals surface area contributed by atoms with Gasteiger partial charge < -0.3 is 0 Å². The van der Waals surface area contributed by atoms with Gasteiger partial charge in [0.05, 0.1) is 0 Å². The first-order valence-corrected chi connectivity index (χ1v) is 6.28. The number of ketones is 1. The zero-order valence-corrected chi connectivity index (χ0v) is 10.2. The van der Waals surface area contributed by atoms with Crippen molar-refractivity contribution >= 4 is 17.5 Å². The van der Waals surface area contributed by atoms with Gasteiger partial charge in [0, 0.05) is 10.5 Å². The Labute approximate surface area is 102 Å². The van der Waals surface area contributed by atoms with Crippen molar-refractivity contribution in [3.63, 3.8) is 0 Å². The van der Waals surface area contributed by atoms with Crippen LogP contribution in [0.3, 0.4) is 0 Å². The Balaban J connectivity index is 2.65. The van der Waals surface area contributed by atoms with Crippen LogP contribution in [0.15, 0.2) is 29.2 Å². The van der Waals surface area contributed by atoms with E-state index in [0.717, 1.165) is 23.5 Å². The van der Waals surface area contributed by atoms with E-state index in [1.807, 2.05) is 0 Å². The predicted molar refractivity (Wildman–Crippen MR) is 62.5 cm³/mol. The van der Waals surface area contributed by atoms with Gasteiger partial charge in [-0.1, -0.05) is 13.3 Å². The lowest BCUT2D eigenvalue weighted by Crippen LogP contribution is -2.22. The molecule has 0 N–H and O–H groups in total. The Bertz CT molecular complexity index is 370. The summed E-state index contributed by atoms with van der Waals surface area (Å²) in [5, 5.41) is 0. The molecule has 1 rings (SSSR count). The predicted octanol–water partition coefficient (Wildman–Crippen LogP) is 4.32. The summed E-state index contributed by atoms with van der Waals surface area (Å²) in [7, 11) is 0. The highest BCUT2D eigenvalue weighted by Crippen LogP contribution is 2.24. The quantitative estimate of drug-likeness (QED) is 0.446. The number of thioether (sulfide) groups is 1. The fourth-order valence-corrected chi connectivity index (χ4v) is 2.20. The van der Waals surface area contributed by atoms with Gasteiger partial charge in [-0.15, -0.1) is 11.8 Å². The molecule has 17 heavy (non-hydrogen) atoms. The molecule has 0 spiro atoms. The number of Topliss-reactive ketones (excluding diaryl/α,β-unsaturated/α-hetero) is 1. The van der Waals surface area contributed by atoms with E-state index in [-0.39, 0.29) is 5.56 Å². The van der Waals surface area contributed by atoms with E-state index in [9.17, 15) is 18.0 Å². The molecule has 0 radical (unpaired) electrons. The highest BCUT2D eigenvalue weighted by atomic mass is 32.2. The van der Waals surface area contributed by atoms with Gasteiger partial charge in [-0.2, -0.15) is 13.2 Å². The zero-order chi connectivity index (χ0) is 12.9. The van der Waals surface area contributed by atoms with Crippen molar-refractivity contribution in [1.82, 2.24) is 0 Å². The largest absolute Gasteiger partial charge is 0.454 e. The number of hydrogen-bond donors (Lipinski definition) is 0. The lowest BCUT2D eigenvalue weighted by molar-refractivity contribution is -0.0885. The van der Waals surface area contributed by atoms with Crippen LogP contribution in [0.5, 0.6) is 0 Å². The number of benzene rings is 1. The van der Waals surface area contributed by atoms with Crippen molar-refractivity contribution in [3.05, 3.63) is 29.8 Å². The minimum Gasteiger partial charge on any atom is -0.284 e. The zero-order valence-electron chi connectivity index (χ0n) is 9.38. The molecule has 1 aromatic rings. The molecule has 1 aromatic carbocycles. The second kappa shape index (κ2) is 6.10. The minimum atomic E-state index is -4.79. The minimum absolute atomic E-state index is 0.308. The molecule has 1 nitrogen and oxygen atoms in total. The summed E-state index contributed by atoms with van der Waals surface area (Å²) in [6, 6.07) is 5.56. The Hall–Kier alpha value is -0.970. The van der Waals surface area contributed by atoms with Crippen molar-refractivity contribution in [1.29, 1.82) is 0 Å². The van der Waals surface area contributed by atoms with Gasteiger partial charge in [0.15, 0.2) is 0 Å². The van der Waals surface area contributed by atoms with Crippen LogP contribution in [0.2, 0.25) is 0 Å². The van der Waals surface area contributed by atoms with E-state index in [1.54, 1.807) is 23.9 Å². The van der Waals surface area contributed by atoms with Gasteiger partial charge in [-0.05, 0) is 36.4 Å². The van der Waals surface area contributed by atoms with Gasteiger partial charge in [-0.25, -0.2) is 0 Å². The molecule has 0 aliphatic carbocycles. The van der Waals surface area contributed by atoms with Crippen LogP contribution in [-0.2, 0) is 0 Å². The van der Waals surface area contributed by atoms with Crippen LogP contribution >= 0.6 is 11.8 Å². The fourth-order valence-electron chi connectivity index (χ4n) is 1.20. The summed E-state index contributed by atoms with van der Waals surface area (Å²) in [5.41, 5.74) is -0.308. The van der Waals surface area contributed by atoms with Crippen LogP contribution < -0.4 is 0 Å². The van der Waals surface area contributed by atoms with E-state index < -0.39 is 12.0 Å². The Morgan fingerprint density at radius 1 is 1.24 bits per heavy atom. The standard InChI is InChI=1S/C12H13F3OS/c1-2-3-8-17-10-6-4-9(5-7-10)11(16)12(13,14)15/h4-7H,2-3,8H2,1H3. The SMILES string of the molecule is CCCCSc1ccc(C(=O)C(F)(F)F)cc1. The highest BCUT2D eigenvalue weighted by Gasteiger charge is 2.39. The third-order valence-electron chi connectivity index (χ3n) is 2.14. The average Bonchev–Trinajstić information content (AvgIpc) is 2.28. The molecule has 0 fully saturated rings. The van der Waals surface area contributed by atoms with Crippen molar-refractivity contribution in [2.24, 2.45) is 0 Å². The maximum absolute atomic E-state index is 12.1. The van der Waals surface area contributed by atoms with Crippen molar-refractivity contribution < 1.29 is 18.0 Å². The molecular weight excluding hydrogens is 249 g/mol. The molecule has 0 amide bonds. The molecule has 5 heteroatoms. The smallest absolute Gasteiger partial charge is 0.284 e. The second-order valence-corrected chi connectivity index (χ2v) is 4.72. The molecule has 0 saturated heterocycles. The van der Waals surface area contributed by atoms with Crippen molar-refractivity contribution in [2.45, 2.75) is 30.8 Å². The fraction of sp³-hybridized carbons (Fsp3) is 0.417. The molecule has 0 aliphatic rings. The van der Waals surface area contributed by atoms with Crippen LogP contribution in [0.4, 0.5) is 13.2 Å². The lowest BCUT2D eigenvalue weighted by atomic mass is 10.1. The van der Waals surface area contributed by atoms with E-state index in [2.05, 4.69) is 6.92 Å². The second-order valence-electron chi connectivity index (χ2n) is 3.55. The molecule has 0 saturated carbocycles. The van der Waals surface area contributed by atoms with Crippen LogP contribution in [0, 0.1) is 0 Å². The van der Waals surface area contributed by atoms with Gasteiger partial charge in [0.2, 0.25) is 0 Å². The third kappa shape index (κ3) is 4.42. The van der Waals surface area contributed by atoms with Gasteiger partial charge in [-0.3, -0.25) is 4.79 Å². The van der Waals surface area contributed by atoms with Crippen LogP contribution in [0.1, 0.15) is 30.1 Å². The molecule has 0 unspecified atom stereocenters. The molecule has 0 heterocycles. The molecular formula is C12H13F3OS. The number of carbonyl (C=O) groups is 1. The number of alkyl halides is 3. The van der Waals surface area contributed by atoms with Crippen molar-refractivity contribution in [3.8, 4) is 0 Å². The summed E-state index contributed by atoms with van der Waals surface area (Å²) in [4.78, 5) is 11.8. The monoisotopic (exact) mass is 262 g/mol. The van der Waals surface area contributed by atoms with E-state index >= 15 is 0 Å². The Kier molecular flexibility index (Phi) is 5.05. The first kappa shape index (κ1) is 14.1. The molecule has 94 valence electrons. The first-order valence-electron chi connectivity index (χ1n) is 5.29. The molecule has 0 aromatic heterocycles. The third-order valence-corrected chi connectivity index (χ3v) is 3.24. The number of unbranched alkanes of at least 4 members (excludes halogenated alkanes) is 1. The first-order chi connectivity index (χ1) is 7.95. The topological polar surface area (TPSA) is 17.1 Å². The summed E-state index contributed by atoms with van der Waals surface area (Å²) >= 11 is 1.58. The van der Waals surface area contributed by atoms with Gasteiger partial charge >= 0.3 is 6.18 Å². The van der Waals surface area contributed by atoms with Crippen LogP contribution in [0.25, 0.3) is 0 Å². The summed E-state index contributed by atoms with van der Waals surface area (Å²) in [6.07, 6.45) is -2.65. The number of hydrogen-bond acceptors (Lipinski definition) is 2. The number of rotatable bonds is 5. The van der Waals surface area contributed by atoms with E-state index in [1.165, 1.54) is 12.1 Å². The lowest BCUT2D eigenvalue weighted by Gasteiger charge is -2.06. The Morgan fingerprint density at radius 2 is 1.82 bits per heavy atom. The summed E-state index contributed by atoms with van der Waals surface area (Å²) in [5.74, 6) is -0.856. The molecule has 0 bridgehead atoms. The molecule has 0 atom stereocenters. The highest BCUT2D eigenvalue weighted by molar-refractivity contribution is 7.99. The van der Waals surface area contributed by atoms with Crippen LogP contribution in [-0.4, -0.2) is 17.7 Å².